The number of anilines is 1. The third-order valence-electron chi connectivity index (χ3n) is 10.2. The van der Waals surface area contributed by atoms with Gasteiger partial charge >= 0.3 is 0 Å². The van der Waals surface area contributed by atoms with Crippen LogP contribution in [0.15, 0.2) is 135 Å². The lowest BCUT2D eigenvalue weighted by atomic mass is 10.1. The molecule has 13 N–H and O–H groups in total. The molecule has 0 aliphatic carbocycles. The Morgan fingerprint density at radius 2 is 1.14 bits per heavy atom. The molecule has 16 nitrogen and oxygen atoms in total. The molecule has 398 valence electrons. The van der Waals surface area contributed by atoms with Gasteiger partial charge in [-0.25, -0.2) is 9.97 Å². The number of nitrogens with zero attached hydrogens (tertiary/aromatic N) is 7. The van der Waals surface area contributed by atoms with Gasteiger partial charge in [0, 0.05) is 72.9 Å². The summed E-state index contributed by atoms with van der Waals surface area (Å²) in [5.74, 6) is 8.63. The highest BCUT2D eigenvalue weighted by Gasteiger charge is 2.33. The maximum Gasteiger partial charge on any atom is 0.261 e. The van der Waals surface area contributed by atoms with E-state index in [4.69, 9.17) is 22.9 Å². The number of nitrogens with two attached hydrogens (primary N) is 6. The third kappa shape index (κ3) is 29.6. The number of rotatable bonds is 20. The number of fused-ring (bicyclic) bond motifs is 2. The first-order valence-corrected chi connectivity index (χ1v) is 26.4. The van der Waals surface area contributed by atoms with Gasteiger partial charge in [0.15, 0.2) is 0 Å². The molecule has 0 radical (unpaired) electrons. The largest absolute Gasteiger partial charge is 0.370 e. The number of amides is 2. The van der Waals surface area contributed by atoms with Crippen molar-refractivity contribution in [3.05, 3.63) is 171 Å². The Kier molecular flexibility index (Phi) is 41.7. The maximum atomic E-state index is 11.7. The number of aryl methyl sites for hydroxylation is 6. The number of pyridine rings is 4. The number of halogens is 2. The van der Waals surface area contributed by atoms with E-state index in [0.717, 1.165) is 142 Å². The molecule has 0 fully saturated rings. The van der Waals surface area contributed by atoms with Crippen molar-refractivity contribution in [2.45, 2.75) is 84.5 Å². The van der Waals surface area contributed by atoms with Crippen molar-refractivity contribution in [1.29, 1.82) is 0 Å². The van der Waals surface area contributed by atoms with Crippen LogP contribution >= 0.6 is 49.9 Å². The van der Waals surface area contributed by atoms with Gasteiger partial charge in [-0.05, 0) is 206 Å². The maximum absolute atomic E-state index is 11.7. The number of aromatic nitrogens is 4. The van der Waals surface area contributed by atoms with Gasteiger partial charge in [0.05, 0.1) is 11.1 Å². The quantitative estimate of drug-likeness (QED) is 0.00728. The zero-order chi connectivity index (χ0) is 53.2. The average molecular weight is 1170 g/mol. The van der Waals surface area contributed by atoms with Crippen LogP contribution in [0.25, 0.3) is 0 Å². The van der Waals surface area contributed by atoms with E-state index in [1.54, 1.807) is 42.6 Å². The minimum Gasteiger partial charge on any atom is -0.370 e. The number of nitrogens with one attached hydrogen (secondary N) is 1. The van der Waals surface area contributed by atoms with Crippen molar-refractivity contribution < 1.29 is 9.59 Å². The smallest absolute Gasteiger partial charge is 0.261 e. The van der Waals surface area contributed by atoms with Crippen LogP contribution in [-0.2, 0) is 38.5 Å². The Balaban J connectivity index is 0.000000869. The number of hydrazine groups is 1. The summed E-state index contributed by atoms with van der Waals surface area (Å²) in [7, 11) is 6.22. The summed E-state index contributed by atoms with van der Waals surface area (Å²) in [4.78, 5) is 41.8. The van der Waals surface area contributed by atoms with E-state index in [2.05, 4.69) is 146 Å². The molecule has 2 aliphatic heterocycles. The number of hydrogen-bond donors (Lipinski definition) is 7. The lowest BCUT2D eigenvalue weighted by Gasteiger charge is -2.17. The first-order valence-electron chi connectivity index (χ1n) is 23.9. The second-order valence-corrected chi connectivity index (χ2v) is 18.0. The van der Waals surface area contributed by atoms with Crippen LogP contribution < -0.4 is 39.9 Å². The Hall–Kier alpha value is -4.84. The zero-order valence-corrected chi connectivity index (χ0v) is 46.7. The lowest BCUT2D eigenvalue weighted by Crippen LogP contribution is -2.29. The standard InChI is InChI=1S/C11H17N3P2.C11H17N3.C11H19N3.C11H9NO2.C5H3Br2N.C3H7N.CH4.H4N2/c15-13-7-1-3-10-5-6-11(12-9-10)4-2-8-14-16;12-7-1-4-10-6-5-9-3-2-8-13-11(9)14-10;12-7-1-3-10-5-6-11(14-9-10)4-2-8-13;1-2-7-12-10(13)8-5-3-4-6-9(8)11(12)14;6-4-1-2-5(7)8-3-4;1-2-3-4;;1-2/h5-6,9,15-16H,1-4,7-8H2;5-6H,1-4,7-8,12H2,(H,13,14);5-6,9H,1-4,7-8,12-13H2;2-6H,1,7H2;1-3H;2H,1,3-4H2;1H4;1-2H2. The predicted molar refractivity (Wildman–Crippen MR) is 316 cm³/mol. The molecule has 1 aromatic carbocycles. The van der Waals surface area contributed by atoms with E-state index in [1.807, 2.05) is 24.5 Å². The van der Waals surface area contributed by atoms with Crippen LogP contribution in [0.1, 0.15) is 100 Å². The molecule has 0 atom stereocenters. The van der Waals surface area contributed by atoms with Crippen LogP contribution in [0.5, 0.6) is 0 Å². The first kappa shape index (κ1) is 68.2. The third-order valence-corrected chi connectivity index (χ3v) is 11.5. The van der Waals surface area contributed by atoms with Crippen molar-refractivity contribution >= 4 is 67.6 Å². The molecule has 6 heterocycles. The molecule has 0 bridgehead atoms. The number of benzene rings is 1. The second kappa shape index (κ2) is 44.6. The van der Waals surface area contributed by atoms with E-state index in [0.29, 0.717) is 17.7 Å². The summed E-state index contributed by atoms with van der Waals surface area (Å²) >= 11 is 6.48. The monoisotopic (exact) mass is 1160 g/mol. The van der Waals surface area contributed by atoms with E-state index >= 15 is 0 Å². The number of carbonyl (C=O) groups is 2. The highest BCUT2D eigenvalue weighted by atomic mass is 79.9. The van der Waals surface area contributed by atoms with E-state index in [9.17, 15) is 9.59 Å². The summed E-state index contributed by atoms with van der Waals surface area (Å²) < 4.78 is 9.63. The van der Waals surface area contributed by atoms with Gasteiger partial charge in [-0.1, -0.05) is 49.9 Å². The average Bonchev–Trinajstić information content (AvgIpc) is 3.66. The molecule has 20 heteroatoms. The van der Waals surface area contributed by atoms with Crippen molar-refractivity contribution in [3.63, 3.8) is 0 Å². The molecule has 0 spiro atoms. The number of carbonyl (C=O) groups excluding carboxylic acids is 2. The van der Waals surface area contributed by atoms with Gasteiger partial charge in [0.2, 0.25) is 0 Å². The van der Waals surface area contributed by atoms with Gasteiger partial charge in [0.25, 0.3) is 11.8 Å². The van der Waals surface area contributed by atoms with Gasteiger partial charge in [-0.15, -0.1) is 13.2 Å². The fourth-order valence-electron chi connectivity index (χ4n) is 6.48. The molecule has 0 unspecified atom stereocenters. The van der Waals surface area contributed by atoms with Gasteiger partial charge < -0.3 is 28.3 Å². The predicted octanol–water partition coefficient (Wildman–Crippen LogP) is 9.46. The molecule has 5 aromatic rings. The van der Waals surface area contributed by atoms with Gasteiger partial charge in [0.1, 0.15) is 10.4 Å². The molecule has 4 aromatic heterocycles. The van der Waals surface area contributed by atoms with E-state index < -0.39 is 0 Å². The van der Waals surface area contributed by atoms with Crippen LogP contribution in [-0.4, -0.2) is 89.0 Å². The highest BCUT2D eigenvalue weighted by Crippen LogP contribution is 2.22. The second-order valence-electron chi connectivity index (χ2n) is 15.7. The summed E-state index contributed by atoms with van der Waals surface area (Å²) in [6, 6.07) is 23.4. The summed E-state index contributed by atoms with van der Waals surface area (Å²) in [6.07, 6.45) is 21.4. The molecule has 0 saturated carbocycles. The molecule has 73 heavy (non-hydrogen) atoms. The highest BCUT2D eigenvalue weighted by molar-refractivity contribution is 9.11. The van der Waals surface area contributed by atoms with Gasteiger partial charge in [-0.2, -0.15) is 0 Å². The summed E-state index contributed by atoms with van der Waals surface area (Å²) in [6.45, 7) is 12.7. The summed E-state index contributed by atoms with van der Waals surface area (Å²) in [5.41, 5.74) is 29.6. The Labute approximate surface area is 456 Å². The Bertz CT molecular complexity index is 2160. The molecule has 2 aliphatic rings. The molecular weight excluding hydrogens is 1090 g/mol. The Morgan fingerprint density at radius 3 is 1.59 bits per heavy atom. The van der Waals surface area contributed by atoms with Crippen LogP contribution in [0.4, 0.5) is 5.82 Å². The summed E-state index contributed by atoms with van der Waals surface area (Å²) in [5, 5.41) is 3.34. The Morgan fingerprint density at radius 1 is 0.644 bits per heavy atom. The zero-order valence-electron chi connectivity index (χ0n) is 41.5. The van der Waals surface area contributed by atoms with E-state index in [1.165, 1.54) is 28.0 Å². The van der Waals surface area contributed by atoms with Crippen molar-refractivity contribution in [2.75, 3.05) is 57.7 Å². The molecular formula is C53H80Br2N14O2P2. The topological polar surface area (TPSA) is 282 Å². The van der Waals surface area contributed by atoms with Crippen molar-refractivity contribution in [1.82, 2.24) is 24.8 Å². The molecule has 0 saturated heterocycles. The minimum atomic E-state index is -0.231. The molecule has 2 amide bonds. The van der Waals surface area contributed by atoms with Crippen LogP contribution in [0.2, 0.25) is 0 Å². The fourth-order valence-corrected chi connectivity index (χ4v) is 7.26. The van der Waals surface area contributed by atoms with Crippen molar-refractivity contribution in [2.24, 2.45) is 44.1 Å². The fraction of sp³-hybridized carbons (Fsp3) is 0.396. The van der Waals surface area contributed by atoms with Crippen LogP contribution in [0.3, 0.4) is 0 Å². The van der Waals surface area contributed by atoms with Crippen molar-refractivity contribution in [3.8, 4) is 0 Å². The normalized spacial score (nSPS) is 11.2. The molecule has 7 rings (SSSR count). The minimum absolute atomic E-state index is 0. The SMILES string of the molecule is Brc1ccc(Br)nc1.C.C=CCN.C=CCN1C(=O)c2ccccc2C1=O.NCCCc1ccc(CCCN)nc1.NCCCc1ccc2c(n1)NCCC2.NN.P=NCCCc1ccc(CCCN=P)nc1. The van der Waals surface area contributed by atoms with Crippen LogP contribution in [0, 0.1) is 0 Å². The lowest BCUT2D eigenvalue weighted by molar-refractivity contribution is 0.0672. The number of hydrogen-bond acceptors (Lipinski definition) is 15. The first-order chi connectivity index (χ1) is 35.1. The number of imide groups is 1. The van der Waals surface area contributed by atoms with Gasteiger partial charge in [-0.3, -0.25) is 45.6 Å². The van der Waals surface area contributed by atoms with E-state index in [-0.39, 0.29) is 25.8 Å².